The predicted octanol–water partition coefficient (Wildman–Crippen LogP) is 3.81. The van der Waals surface area contributed by atoms with Gasteiger partial charge in [-0.2, -0.15) is 5.10 Å². The Kier molecular flexibility index (Phi) is 6.44. The minimum absolute atomic E-state index is 0.156. The van der Waals surface area contributed by atoms with E-state index in [0.29, 0.717) is 18.5 Å². The highest BCUT2D eigenvalue weighted by Gasteiger charge is 2.16. The van der Waals surface area contributed by atoms with E-state index in [1.54, 1.807) is 6.07 Å². The third-order valence-corrected chi connectivity index (χ3v) is 4.72. The van der Waals surface area contributed by atoms with E-state index in [4.69, 9.17) is 14.9 Å². The number of methoxy groups -OCH3 is 1. The second-order valence-corrected chi connectivity index (χ2v) is 6.90. The highest BCUT2D eigenvalue weighted by Crippen LogP contribution is 2.29. The number of aryl methyl sites for hydroxylation is 1. The normalized spacial score (nSPS) is 11.2. The van der Waals surface area contributed by atoms with Crippen molar-refractivity contribution in [3.63, 3.8) is 0 Å². The van der Waals surface area contributed by atoms with Crippen LogP contribution in [0, 0.1) is 12.7 Å². The van der Waals surface area contributed by atoms with Crippen molar-refractivity contribution in [1.82, 2.24) is 14.7 Å². The van der Waals surface area contributed by atoms with Crippen molar-refractivity contribution < 1.29 is 14.2 Å². The number of aliphatic hydroxyl groups is 1. The summed E-state index contributed by atoms with van der Waals surface area (Å²) in [6.45, 7) is 3.61. The molecule has 0 aliphatic carbocycles. The molecule has 0 fully saturated rings. The molecule has 0 atom stereocenters. The van der Waals surface area contributed by atoms with Crippen LogP contribution in [0.2, 0.25) is 0 Å². The monoisotopic (exact) mass is 383 g/mol. The van der Waals surface area contributed by atoms with Gasteiger partial charge in [0.1, 0.15) is 0 Å². The fraction of sp³-hybridized carbons (Fsp3) is 0.318. The van der Waals surface area contributed by atoms with Gasteiger partial charge in [0.05, 0.1) is 18.5 Å². The summed E-state index contributed by atoms with van der Waals surface area (Å²) in [5.41, 5.74) is 4.53. The van der Waals surface area contributed by atoms with Crippen LogP contribution in [0.3, 0.4) is 0 Å². The summed E-state index contributed by atoms with van der Waals surface area (Å²) >= 11 is 0. The van der Waals surface area contributed by atoms with Gasteiger partial charge in [-0.3, -0.25) is 0 Å². The molecule has 6 heteroatoms. The largest absolute Gasteiger partial charge is 0.494 e. The maximum atomic E-state index is 14.3. The van der Waals surface area contributed by atoms with Crippen molar-refractivity contribution in [2.24, 2.45) is 0 Å². The van der Waals surface area contributed by atoms with Gasteiger partial charge in [-0.05, 0) is 50.2 Å². The Morgan fingerprint density at radius 1 is 1.21 bits per heavy atom. The van der Waals surface area contributed by atoms with Gasteiger partial charge in [-0.1, -0.05) is 18.2 Å². The molecule has 148 valence electrons. The smallest absolute Gasteiger partial charge is 0.165 e. The van der Waals surface area contributed by atoms with Crippen molar-refractivity contribution in [2.45, 2.75) is 19.9 Å². The number of aliphatic hydroxyl groups excluding tert-OH is 1. The lowest BCUT2D eigenvalue weighted by Gasteiger charge is -2.15. The maximum absolute atomic E-state index is 14.3. The number of halogens is 1. The fourth-order valence-corrected chi connectivity index (χ4v) is 3.24. The van der Waals surface area contributed by atoms with Gasteiger partial charge in [-0.15, -0.1) is 0 Å². The second kappa shape index (κ2) is 8.99. The minimum Gasteiger partial charge on any atom is -0.494 e. The lowest BCUT2D eigenvalue weighted by atomic mass is 10.1. The molecule has 0 aliphatic rings. The molecule has 0 aliphatic heterocycles. The van der Waals surface area contributed by atoms with Crippen molar-refractivity contribution in [3.05, 3.63) is 65.6 Å². The molecule has 0 saturated heterocycles. The Bertz CT molecular complexity index is 939. The van der Waals surface area contributed by atoms with Gasteiger partial charge in [0, 0.05) is 37.0 Å². The van der Waals surface area contributed by atoms with Gasteiger partial charge in [0.25, 0.3) is 0 Å². The zero-order valence-corrected chi connectivity index (χ0v) is 16.5. The molecule has 3 rings (SSSR count). The maximum Gasteiger partial charge on any atom is 0.165 e. The highest BCUT2D eigenvalue weighted by molar-refractivity contribution is 5.64. The molecule has 0 amide bonds. The van der Waals surface area contributed by atoms with Crippen LogP contribution >= 0.6 is 0 Å². The molecule has 0 radical (unpaired) electrons. The molecule has 1 N–H and O–H groups in total. The number of nitrogens with zero attached hydrogens (tertiary/aromatic N) is 3. The fourth-order valence-electron chi connectivity index (χ4n) is 3.24. The standard InChI is InChI=1S/C22H26FN3O2/c1-16-7-4-5-8-20(16)26-15-18(14-25(2)11-6-12-27)22(24-26)17-9-10-21(28-3)19(23)13-17/h4-5,7-10,13,15,27H,6,11-12,14H2,1-3H3. The molecule has 0 saturated carbocycles. The van der Waals surface area contributed by atoms with E-state index in [-0.39, 0.29) is 12.4 Å². The van der Waals surface area contributed by atoms with Crippen LogP contribution < -0.4 is 4.74 Å². The first kappa shape index (κ1) is 20.0. The van der Waals surface area contributed by atoms with E-state index in [9.17, 15) is 4.39 Å². The zero-order chi connectivity index (χ0) is 20.1. The minimum atomic E-state index is -0.412. The van der Waals surface area contributed by atoms with Crippen LogP contribution in [0.15, 0.2) is 48.7 Å². The number of aromatic nitrogens is 2. The van der Waals surface area contributed by atoms with Gasteiger partial charge in [0.15, 0.2) is 11.6 Å². The van der Waals surface area contributed by atoms with Gasteiger partial charge in [-0.25, -0.2) is 9.07 Å². The highest BCUT2D eigenvalue weighted by atomic mass is 19.1. The Balaban J connectivity index is 2.03. The number of ether oxygens (including phenoxy) is 1. The van der Waals surface area contributed by atoms with E-state index in [0.717, 1.165) is 29.1 Å². The average Bonchev–Trinajstić information content (AvgIpc) is 3.10. The summed E-state index contributed by atoms with van der Waals surface area (Å²) in [4.78, 5) is 2.12. The first-order chi connectivity index (χ1) is 13.5. The van der Waals surface area contributed by atoms with E-state index >= 15 is 0 Å². The number of benzene rings is 2. The van der Waals surface area contributed by atoms with Crippen LogP contribution in [0.5, 0.6) is 5.75 Å². The third kappa shape index (κ3) is 4.40. The van der Waals surface area contributed by atoms with Gasteiger partial charge < -0.3 is 14.7 Å². The van der Waals surface area contributed by atoms with Gasteiger partial charge in [0.2, 0.25) is 0 Å². The van der Waals surface area contributed by atoms with Crippen molar-refractivity contribution in [3.8, 4) is 22.7 Å². The quantitative estimate of drug-likeness (QED) is 0.643. The number of hydrogen-bond acceptors (Lipinski definition) is 4. The molecular formula is C22H26FN3O2. The molecule has 28 heavy (non-hydrogen) atoms. The molecule has 3 aromatic rings. The first-order valence-electron chi connectivity index (χ1n) is 9.31. The van der Waals surface area contributed by atoms with Crippen molar-refractivity contribution in [2.75, 3.05) is 27.3 Å². The van der Waals surface area contributed by atoms with Gasteiger partial charge >= 0.3 is 0 Å². The van der Waals surface area contributed by atoms with E-state index in [1.807, 2.05) is 55.2 Å². The number of para-hydroxylation sites is 1. The Morgan fingerprint density at radius 3 is 2.68 bits per heavy atom. The Hall–Kier alpha value is -2.70. The van der Waals surface area contributed by atoms with Crippen LogP contribution in [-0.4, -0.2) is 47.1 Å². The summed E-state index contributed by atoms with van der Waals surface area (Å²) in [6, 6.07) is 12.9. The van der Waals surface area contributed by atoms with Crippen LogP contribution in [0.4, 0.5) is 4.39 Å². The SMILES string of the molecule is COc1ccc(-c2nn(-c3ccccc3C)cc2CN(C)CCCO)cc1F. The van der Waals surface area contributed by atoms with E-state index in [1.165, 1.54) is 13.2 Å². The molecule has 1 heterocycles. The topological polar surface area (TPSA) is 50.5 Å². The second-order valence-electron chi connectivity index (χ2n) is 6.90. The third-order valence-electron chi connectivity index (χ3n) is 4.72. The predicted molar refractivity (Wildman–Crippen MR) is 108 cm³/mol. The number of rotatable bonds is 8. The molecular weight excluding hydrogens is 357 g/mol. The Labute approximate surface area is 165 Å². The van der Waals surface area contributed by atoms with E-state index < -0.39 is 5.82 Å². The number of hydrogen-bond donors (Lipinski definition) is 1. The van der Waals surface area contributed by atoms with Crippen LogP contribution in [0.25, 0.3) is 16.9 Å². The Morgan fingerprint density at radius 2 is 2.00 bits per heavy atom. The van der Waals surface area contributed by atoms with Crippen LogP contribution in [0.1, 0.15) is 17.5 Å². The molecule has 0 spiro atoms. The molecule has 1 aromatic heterocycles. The first-order valence-corrected chi connectivity index (χ1v) is 9.31. The summed E-state index contributed by atoms with van der Waals surface area (Å²) in [5.74, 6) is -0.200. The molecule has 0 bridgehead atoms. The lowest BCUT2D eigenvalue weighted by Crippen LogP contribution is -2.20. The van der Waals surface area contributed by atoms with Crippen molar-refractivity contribution >= 4 is 0 Å². The summed E-state index contributed by atoms with van der Waals surface area (Å²) in [6.07, 6.45) is 2.70. The lowest BCUT2D eigenvalue weighted by molar-refractivity contribution is 0.244. The van der Waals surface area contributed by atoms with Crippen molar-refractivity contribution in [1.29, 1.82) is 0 Å². The zero-order valence-electron chi connectivity index (χ0n) is 16.5. The molecule has 2 aromatic carbocycles. The average molecular weight is 383 g/mol. The molecule has 5 nitrogen and oxygen atoms in total. The summed E-state index contributed by atoms with van der Waals surface area (Å²) < 4.78 is 21.2. The molecule has 0 unspecified atom stereocenters. The van der Waals surface area contributed by atoms with Crippen LogP contribution in [-0.2, 0) is 6.54 Å². The summed E-state index contributed by atoms with van der Waals surface area (Å²) in [5, 5.41) is 13.9. The summed E-state index contributed by atoms with van der Waals surface area (Å²) in [7, 11) is 3.45. The van der Waals surface area contributed by atoms with E-state index in [2.05, 4.69) is 4.90 Å².